The topological polar surface area (TPSA) is 72.2 Å². The highest BCUT2D eigenvalue weighted by molar-refractivity contribution is 7.89. The molecule has 2 atom stereocenters. The maximum Gasteiger partial charge on any atom is 0.416 e. The van der Waals surface area contributed by atoms with Gasteiger partial charge in [0.15, 0.2) is 0 Å². The van der Waals surface area contributed by atoms with Crippen molar-refractivity contribution >= 4 is 10.0 Å². The Morgan fingerprint density at radius 1 is 1.29 bits per heavy atom. The molecule has 1 aliphatic rings. The third kappa shape index (κ3) is 3.75. The summed E-state index contributed by atoms with van der Waals surface area (Å²) in [5.74, 6) is 0.0329. The summed E-state index contributed by atoms with van der Waals surface area (Å²) in [7, 11) is -3.98. The Morgan fingerprint density at radius 3 is 2.62 bits per heavy atom. The van der Waals surface area contributed by atoms with E-state index in [1.165, 1.54) is 0 Å². The van der Waals surface area contributed by atoms with Crippen LogP contribution in [0.4, 0.5) is 13.2 Å². The minimum absolute atomic E-state index is 0.0329. The molecule has 0 heterocycles. The van der Waals surface area contributed by atoms with Crippen molar-refractivity contribution in [2.45, 2.75) is 36.4 Å². The standard InChI is InChI=1S/C13H17F3N2O2S/c14-13(15,16)10-4-2-5-11(7-10)21(19,20)18-12-6-1-3-9(12)8-17/h2,4-5,7,9,12,18H,1,3,6,8,17H2. The van der Waals surface area contributed by atoms with Gasteiger partial charge in [0.1, 0.15) is 0 Å². The average Bonchev–Trinajstić information content (AvgIpc) is 2.84. The molecule has 2 rings (SSSR count). The molecule has 1 fully saturated rings. The van der Waals surface area contributed by atoms with E-state index in [0.29, 0.717) is 19.0 Å². The number of rotatable bonds is 4. The van der Waals surface area contributed by atoms with Crippen molar-refractivity contribution < 1.29 is 21.6 Å². The molecule has 1 aromatic carbocycles. The van der Waals surface area contributed by atoms with Gasteiger partial charge in [-0.2, -0.15) is 13.2 Å². The Kier molecular flexibility index (Phi) is 4.60. The second-order valence-electron chi connectivity index (χ2n) is 5.18. The molecule has 0 spiro atoms. The Morgan fingerprint density at radius 2 is 2.00 bits per heavy atom. The lowest BCUT2D eigenvalue weighted by Crippen LogP contribution is -2.39. The molecule has 3 N–H and O–H groups in total. The molecule has 0 aliphatic heterocycles. The van der Waals surface area contributed by atoms with Gasteiger partial charge in [-0.15, -0.1) is 0 Å². The average molecular weight is 322 g/mol. The summed E-state index contributed by atoms with van der Waals surface area (Å²) in [5, 5.41) is 0. The molecule has 0 aromatic heterocycles. The molecule has 0 radical (unpaired) electrons. The van der Waals surface area contributed by atoms with Crippen LogP contribution in [0, 0.1) is 5.92 Å². The van der Waals surface area contributed by atoms with E-state index in [0.717, 1.165) is 31.0 Å². The maximum absolute atomic E-state index is 12.6. The first-order valence-corrected chi connectivity index (χ1v) is 8.12. The van der Waals surface area contributed by atoms with E-state index in [9.17, 15) is 21.6 Å². The zero-order valence-electron chi connectivity index (χ0n) is 11.2. The van der Waals surface area contributed by atoms with Crippen molar-refractivity contribution in [3.63, 3.8) is 0 Å². The van der Waals surface area contributed by atoms with Crippen LogP contribution in [-0.2, 0) is 16.2 Å². The summed E-state index contributed by atoms with van der Waals surface area (Å²) in [5.41, 5.74) is 4.60. The SMILES string of the molecule is NCC1CCCC1NS(=O)(=O)c1cccc(C(F)(F)F)c1. The van der Waals surface area contributed by atoms with Gasteiger partial charge in [0.25, 0.3) is 0 Å². The van der Waals surface area contributed by atoms with Crippen molar-refractivity contribution in [2.24, 2.45) is 11.7 Å². The summed E-state index contributed by atoms with van der Waals surface area (Å²) in [4.78, 5) is -0.375. The molecule has 118 valence electrons. The van der Waals surface area contributed by atoms with Gasteiger partial charge in [-0.1, -0.05) is 12.5 Å². The fraction of sp³-hybridized carbons (Fsp3) is 0.538. The van der Waals surface area contributed by atoms with Crippen molar-refractivity contribution in [3.05, 3.63) is 29.8 Å². The summed E-state index contributed by atoms with van der Waals surface area (Å²) < 4.78 is 64.8. The van der Waals surface area contributed by atoms with E-state index in [2.05, 4.69) is 4.72 Å². The smallest absolute Gasteiger partial charge is 0.330 e. The highest BCUT2D eigenvalue weighted by atomic mass is 32.2. The number of alkyl halides is 3. The number of nitrogens with two attached hydrogens (primary N) is 1. The molecule has 21 heavy (non-hydrogen) atoms. The fourth-order valence-electron chi connectivity index (χ4n) is 2.58. The Hall–Kier alpha value is -1.12. The predicted octanol–water partition coefficient (Wildman–Crippen LogP) is 2.11. The van der Waals surface area contributed by atoms with Gasteiger partial charge in [0.2, 0.25) is 10.0 Å². The maximum atomic E-state index is 12.6. The van der Waals surface area contributed by atoms with Gasteiger partial charge in [-0.25, -0.2) is 13.1 Å². The molecule has 8 heteroatoms. The summed E-state index contributed by atoms with van der Waals surface area (Å²) in [6.45, 7) is 0.357. The van der Waals surface area contributed by atoms with E-state index in [1.54, 1.807) is 0 Å². The van der Waals surface area contributed by atoms with Gasteiger partial charge in [-0.05, 0) is 43.5 Å². The van der Waals surface area contributed by atoms with Crippen LogP contribution in [0.3, 0.4) is 0 Å². The summed E-state index contributed by atoms with van der Waals surface area (Å²) in [6.07, 6.45) is -2.23. The van der Waals surface area contributed by atoms with E-state index in [1.807, 2.05) is 0 Å². The molecular weight excluding hydrogens is 305 g/mol. The van der Waals surface area contributed by atoms with Crippen molar-refractivity contribution in [1.29, 1.82) is 0 Å². The van der Waals surface area contributed by atoms with Gasteiger partial charge in [0.05, 0.1) is 10.5 Å². The fourth-order valence-corrected chi connectivity index (χ4v) is 3.97. The first-order chi connectivity index (χ1) is 9.74. The molecule has 1 aromatic rings. The van der Waals surface area contributed by atoms with E-state index >= 15 is 0 Å². The third-order valence-corrected chi connectivity index (χ3v) is 5.23. The van der Waals surface area contributed by atoms with Crippen molar-refractivity contribution in [2.75, 3.05) is 6.54 Å². The van der Waals surface area contributed by atoms with Gasteiger partial charge in [0, 0.05) is 6.04 Å². The highest BCUT2D eigenvalue weighted by Crippen LogP contribution is 2.31. The summed E-state index contributed by atoms with van der Waals surface area (Å²) >= 11 is 0. The van der Waals surface area contributed by atoms with Gasteiger partial charge >= 0.3 is 6.18 Å². The third-order valence-electron chi connectivity index (χ3n) is 3.74. The zero-order chi connectivity index (χ0) is 15.7. The number of halogens is 3. The Balaban J connectivity index is 2.24. The number of benzene rings is 1. The lowest BCUT2D eigenvalue weighted by Gasteiger charge is -2.19. The molecule has 1 aliphatic carbocycles. The Bertz CT molecular complexity index is 602. The van der Waals surface area contributed by atoms with Crippen LogP contribution in [0.1, 0.15) is 24.8 Å². The van der Waals surface area contributed by atoms with Crippen LogP contribution < -0.4 is 10.5 Å². The molecule has 4 nitrogen and oxygen atoms in total. The number of sulfonamides is 1. The first-order valence-electron chi connectivity index (χ1n) is 6.63. The van der Waals surface area contributed by atoms with E-state index < -0.39 is 21.8 Å². The lowest BCUT2D eigenvalue weighted by atomic mass is 10.1. The minimum atomic E-state index is -4.57. The zero-order valence-corrected chi connectivity index (χ0v) is 12.0. The van der Waals surface area contributed by atoms with Gasteiger partial charge < -0.3 is 5.73 Å². The second-order valence-corrected chi connectivity index (χ2v) is 6.89. The van der Waals surface area contributed by atoms with Crippen LogP contribution >= 0.6 is 0 Å². The minimum Gasteiger partial charge on any atom is -0.330 e. The molecule has 0 saturated heterocycles. The molecule has 1 saturated carbocycles. The van der Waals surface area contributed by atoms with Crippen LogP contribution in [0.2, 0.25) is 0 Å². The number of nitrogens with one attached hydrogen (secondary N) is 1. The van der Waals surface area contributed by atoms with Crippen molar-refractivity contribution in [3.8, 4) is 0 Å². The van der Waals surface area contributed by atoms with Crippen LogP contribution in [-0.4, -0.2) is 21.0 Å². The first kappa shape index (κ1) is 16.3. The van der Waals surface area contributed by atoms with Crippen LogP contribution in [0.5, 0.6) is 0 Å². The second kappa shape index (κ2) is 5.94. The summed E-state index contributed by atoms with van der Waals surface area (Å²) in [6, 6.07) is 3.43. The monoisotopic (exact) mass is 322 g/mol. The van der Waals surface area contributed by atoms with E-state index in [4.69, 9.17) is 5.73 Å². The quantitative estimate of drug-likeness (QED) is 0.892. The van der Waals surface area contributed by atoms with Crippen molar-refractivity contribution in [1.82, 2.24) is 4.72 Å². The van der Waals surface area contributed by atoms with Crippen LogP contribution in [0.15, 0.2) is 29.2 Å². The molecule has 0 bridgehead atoms. The Labute approximate surface area is 121 Å². The number of hydrogen-bond donors (Lipinski definition) is 2. The molecule has 2 unspecified atom stereocenters. The van der Waals surface area contributed by atoms with Crippen LogP contribution in [0.25, 0.3) is 0 Å². The molecular formula is C13H17F3N2O2S. The highest BCUT2D eigenvalue weighted by Gasteiger charge is 2.33. The van der Waals surface area contributed by atoms with Gasteiger partial charge in [-0.3, -0.25) is 0 Å². The van der Waals surface area contributed by atoms with E-state index in [-0.39, 0.29) is 16.9 Å². The normalized spacial score (nSPS) is 23.4. The molecule has 0 amide bonds. The largest absolute Gasteiger partial charge is 0.416 e. The number of hydrogen-bond acceptors (Lipinski definition) is 3. The lowest BCUT2D eigenvalue weighted by molar-refractivity contribution is -0.137. The predicted molar refractivity (Wildman–Crippen MR) is 71.9 cm³/mol.